The second-order valence-corrected chi connectivity index (χ2v) is 6.76. The quantitative estimate of drug-likeness (QED) is 0.823. The van der Waals surface area contributed by atoms with E-state index in [1.807, 2.05) is 55.5 Å². The van der Waals surface area contributed by atoms with E-state index in [0.29, 0.717) is 28.2 Å². The number of Topliss-reactive ketones (excluding diaryl/α,β-unsaturated/α-hetero) is 1. The van der Waals surface area contributed by atoms with Gasteiger partial charge in [0.2, 0.25) is 0 Å². The van der Waals surface area contributed by atoms with Gasteiger partial charge in [-0.05, 0) is 31.5 Å². The second kappa shape index (κ2) is 7.00. The molecule has 142 valence electrons. The number of allylic oxidation sites excluding steroid dienone is 2. The van der Waals surface area contributed by atoms with Crippen LogP contribution in [-0.2, 0) is 9.53 Å². The minimum atomic E-state index is -0.523. The van der Waals surface area contributed by atoms with E-state index >= 15 is 0 Å². The number of carbonyl (C=O) groups is 2. The molecule has 1 aliphatic heterocycles. The van der Waals surface area contributed by atoms with Crippen molar-refractivity contribution in [2.75, 3.05) is 13.7 Å². The summed E-state index contributed by atoms with van der Waals surface area (Å²) in [6, 6.07) is 15.0. The summed E-state index contributed by atoms with van der Waals surface area (Å²) in [5, 5.41) is 3.29. The zero-order valence-electron chi connectivity index (χ0n) is 16.0. The molecule has 0 saturated heterocycles. The van der Waals surface area contributed by atoms with Gasteiger partial charge in [0.25, 0.3) is 0 Å². The van der Waals surface area contributed by atoms with Crippen molar-refractivity contribution in [2.24, 2.45) is 0 Å². The van der Waals surface area contributed by atoms with Crippen LogP contribution in [-0.4, -0.2) is 25.5 Å². The van der Waals surface area contributed by atoms with Gasteiger partial charge in [-0.15, -0.1) is 0 Å². The van der Waals surface area contributed by atoms with Crippen molar-refractivity contribution < 1.29 is 19.1 Å². The van der Waals surface area contributed by atoms with Gasteiger partial charge in [0.1, 0.15) is 5.75 Å². The van der Waals surface area contributed by atoms with Gasteiger partial charge in [-0.25, -0.2) is 4.79 Å². The van der Waals surface area contributed by atoms with E-state index in [9.17, 15) is 9.59 Å². The zero-order chi connectivity index (χ0) is 19.8. The number of nitrogens with one attached hydrogen (secondary N) is 1. The molecule has 5 heteroatoms. The molecule has 4 rings (SSSR count). The highest BCUT2D eigenvalue weighted by Gasteiger charge is 2.42. The van der Waals surface area contributed by atoms with Crippen molar-refractivity contribution in [1.82, 2.24) is 5.32 Å². The van der Waals surface area contributed by atoms with Gasteiger partial charge in [-0.1, -0.05) is 36.4 Å². The normalized spacial score (nSPS) is 17.8. The fraction of sp³-hybridized carbons (Fsp3) is 0.217. The van der Waals surface area contributed by atoms with E-state index in [-0.39, 0.29) is 12.4 Å². The Morgan fingerprint density at radius 1 is 1.11 bits per heavy atom. The van der Waals surface area contributed by atoms with E-state index in [1.165, 1.54) is 0 Å². The molecule has 0 bridgehead atoms. The number of fused-ring (bicyclic) bond motifs is 2. The largest absolute Gasteiger partial charge is 0.497 e. The Kier molecular flexibility index (Phi) is 4.51. The summed E-state index contributed by atoms with van der Waals surface area (Å²) in [5.41, 5.74) is 4.80. The topological polar surface area (TPSA) is 64.6 Å². The Morgan fingerprint density at radius 3 is 2.57 bits per heavy atom. The number of carbonyl (C=O) groups excluding carboxylic acids is 2. The lowest BCUT2D eigenvalue weighted by molar-refractivity contribution is -0.138. The van der Waals surface area contributed by atoms with Crippen LogP contribution >= 0.6 is 0 Å². The van der Waals surface area contributed by atoms with Crippen molar-refractivity contribution in [3.8, 4) is 5.75 Å². The maximum atomic E-state index is 13.3. The lowest BCUT2D eigenvalue weighted by Crippen LogP contribution is -2.29. The lowest BCUT2D eigenvalue weighted by atomic mass is 9.80. The van der Waals surface area contributed by atoms with Gasteiger partial charge < -0.3 is 14.8 Å². The number of rotatable bonds is 4. The highest BCUT2D eigenvalue weighted by molar-refractivity contribution is 6.23. The van der Waals surface area contributed by atoms with Crippen LogP contribution in [0.15, 0.2) is 65.4 Å². The molecular weight excluding hydrogens is 354 g/mol. The molecule has 0 saturated carbocycles. The molecule has 0 radical (unpaired) electrons. The second-order valence-electron chi connectivity index (χ2n) is 6.76. The van der Waals surface area contributed by atoms with Gasteiger partial charge in [0, 0.05) is 28.3 Å². The summed E-state index contributed by atoms with van der Waals surface area (Å²) in [6.07, 6.45) is 0. The number of ketones is 1. The number of dihydropyridines is 1. The van der Waals surface area contributed by atoms with Gasteiger partial charge >= 0.3 is 5.97 Å². The van der Waals surface area contributed by atoms with Crippen molar-refractivity contribution in [3.63, 3.8) is 0 Å². The number of hydrogen-bond acceptors (Lipinski definition) is 5. The lowest BCUT2D eigenvalue weighted by Gasteiger charge is -2.29. The standard InChI is InChI=1S/C23H21NO4/c1-4-28-23(26)18-13(2)24-21-16-10-5-6-11-17(16)22(25)20(21)19(18)14-8-7-9-15(12-14)27-3/h5-12,19,24H,4H2,1-3H3. The molecule has 2 aromatic rings. The first-order chi connectivity index (χ1) is 13.6. The third-order valence-electron chi connectivity index (χ3n) is 5.17. The molecule has 0 spiro atoms. The first-order valence-corrected chi connectivity index (χ1v) is 9.24. The predicted octanol–water partition coefficient (Wildman–Crippen LogP) is 3.83. The van der Waals surface area contributed by atoms with Gasteiger partial charge in [0.05, 0.1) is 25.0 Å². The summed E-state index contributed by atoms with van der Waals surface area (Å²) >= 11 is 0. The van der Waals surface area contributed by atoms with Gasteiger partial charge in [0.15, 0.2) is 5.78 Å². The summed E-state index contributed by atoms with van der Waals surface area (Å²) < 4.78 is 10.7. The summed E-state index contributed by atoms with van der Waals surface area (Å²) in [7, 11) is 1.59. The Labute approximate surface area is 163 Å². The van der Waals surface area contributed by atoms with Crippen molar-refractivity contribution >= 4 is 17.4 Å². The van der Waals surface area contributed by atoms with Crippen LogP contribution in [0.4, 0.5) is 0 Å². The smallest absolute Gasteiger partial charge is 0.336 e. The van der Waals surface area contributed by atoms with Crippen LogP contribution in [0.25, 0.3) is 5.70 Å². The number of benzene rings is 2. The van der Waals surface area contributed by atoms with Crippen LogP contribution < -0.4 is 10.1 Å². The molecule has 2 aromatic carbocycles. The Morgan fingerprint density at radius 2 is 1.86 bits per heavy atom. The average Bonchev–Trinajstić information content (AvgIpc) is 2.99. The minimum Gasteiger partial charge on any atom is -0.497 e. The van der Waals surface area contributed by atoms with E-state index in [2.05, 4.69) is 5.32 Å². The predicted molar refractivity (Wildman–Crippen MR) is 106 cm³/mol. The molecule has 5 nitrogen and oxygen atoms in total. The summed E-state index contributed by atoms with van der Waals surface area (Å²) in [4.78, 5) is 26.1. The Balaban J connectivity index is 1.93. The van der Waals surface area contributed by atoms with E-state index in [0.717, 1.165) is 16.8 Å². The monoisotopic (exact) mass is 375 g/mol. The molecule has 1 N–H and O–H groups in total. The van der Waals surface area contributed by atoms with Crippen molar-refractivity contribution in [3.05, 3.63) is 82.1 Å². The third-order valence-corrected chi connectivity index (χ3v) is 5.17. The van der Waals surface area contributed by atoms with Gasteiger partial charge in [-0.2, -0.15) is 0 Å². The molecule has 0 fully saturated rings. The highest BCUT2D eigenvalue weighted by Crippen LogP contribution is 2.47. The van der Waals surface area contributed by atoms with Crippen molar-refractivity contribution in [1.29, 1.82) is 0 Å². The molecule has 28 heavy (non-hydrogen) atoms. The average molecular weight is 375 g/mol. The Hall–Kier alpha value is -3.34. The Bertz CT molecular complexity index is 1050. The molecule has 1 heterocycles. The fourth-order valence-electron chi connectivity index (χ4n) is 3.96. The zero-order valence-corrected chi connectivity index (χ0v) is 16.0. The number of esters is 1. The molecule has 0 amide bonds. The van der Waals surface area contributed by atoms with Crippen LogP contribution in [0.3, 0.4) is 0 Å². The summed E-state index contributed by atoms with van der Waals surface area (Å²) in [5.74, 6) is -0.344. The van der Waals surface area contributed by atoms with Crippen LogP contribution in [0.2, 0.25) is 0 Å². The molecule has 0 aromatic heterocycles. The first-order valence-electron chi connectivity index (χ1n) is 9.24. The molecule has 1 unspecified atom stereocenters. The SMILES string of the molecule is CCOC(=O)C1=C(C)NC2=C(C(=O)c3ccccc32)C1c1cccc(OC)c1. The highest BCUT2D eigenvalue weighted by atomic mass is 16.5. The maximum absolute atomic E-state index is 13.3. The first kappa shape index (κ1) is 18.0. The molecular formula is C23H21NO4. The number of ether oxygens (including phenoxy) is 2. The molecule has 1 aliphatic carbocycles. The number of hydrogen-bond donors (Lipinski definition) is 1. The summed E-state index contributed by atoms with van der Waals surface area (Å²) in [6.45, 7) is 3.88. The van der Waals surface area contributed by atoms with E-state index in [1.54, 1.807) is 14.0 Å². The number of methoxy groups -OCH3 is 1. The fourth-order valence-corrected chi connectivity index (χ4v) is 3.96. The van der Waals surface area contributed by atoms with Crippen molar-refractivity contribution in [2.45, 2.75) is 19.8 Å². The van der Waals surface area contributed by atoms with Crippen LogP contribution in [0, 0.1) is 0 Å². The molecule has 2 aliphatic rings. The minimum absolute atomic E-state index is 0.0692. The van der Waals surface area contributed by atoms with Crippen LogP contribution in [0.5, 0.6) is 5.75 Å². The maximum Gasteiger partial charge on any atom is 0.336 e. The van der Waals surface area contributed by atoms with Gasteiger partial charge in [-0.3, -0.25) is 4.79 Å². The molecule has 1 atom stereocenters. The van der Waals surface area contributed by atoms with E-state index in [4.69, 9.17) is 9.47 Å². The third kappa shape index (κ3) is 2.71. The van der Waals surface area contributed by atoms with Crippen LogP contribution in [0.1, 0.15) is 41.3 Å². The van der Waals surface area contributed by atoms with E-state index < -0.39 is 11.9 Å².